The third kappa shape index (κ3) is 4.53. The Morgan fingerprint density at radius 2 is 1.90 bits per heavy atom. The highest BCUT2D eigenvalue weighted by atomic mass is 15.2. The molecule has 0 radical (unpaired) electrons. The Kier molecular flexibility index (Phi) is 5.28. The summed E-state index contributed by atoms with van der Waals surface area (Å²) in [6.45, 7) is 7.94. The zero-order valence-corrected chi connectivity index (χ0v) is 13.3. The van der Waals surface area contributed by atoms with E-state index < -0.39 is 0 Å². The van der Waals surface area contributed by atoms with Crippen LogP contribution >= 0.6 is 0 Å². The van der Waals surface area contributed by atoms with E-state index in [1.165, 1.54) is 5.56 Å². The van der Waals surface area contributed by atoms with Gasteiger partial charge in [-0.25, -0.2) is 9.97 Å². The number of hydrogen-bond acceptors (Lipinski definition) is 4. The monoisotopic (exact) mass is 284 g/mol. The molecule has 0 saturated carbocycles. The van der Waals surface area contributed by atoms with Crippen LogP contribution < -0.4 is 10.2 Å². The SMILES string of the molecule is Cc1nc(N(C)Cc2ccccc2)ncc1CNC(C)C. The van der Waals surface area contributed by atoms with Gasteiger partial charge in [-0.3, -0.25) is 0 Å². The second kappa shape index (κ2) is 7.18. The minimum atomic E-state index is 0.463. The van der Waals surface area contributed by atoms with E-state index in [4.69, 9.17) is 0 Å². The van der Waals surface area contributed by atoms with Crippen LogP contribution in [-0.4, -0.2) is 23.1 Å². The van der Waals surface area contributed by atoms with Gasteiger partial charge in [0.05, 0.1) is 0 Å². The van der Waals surface area contributed by atoms with E-state index in [9.17, 15) is 0 Å². The van der Waals surface area contributed by atoms with E-state index in [1.54, 1.807) is 0 Å². The lowest BCUT2D eigenvalue weighted by Gasteiger charge is -2.18. The molecule has 1 heterocycles. The van der Waals surface area contributed by atoms with Crippen molar-refractivity contribution in [3.63, 3.8) is 0 Å². The van der Waals surface area contributed by atoms with Crippen molar-refractivity contribution in [2.75, 3.05) is 11.9 Å². The fraction of sp³-hybridized carbons (Fsp3) is 0.412. The summed E-state index contributed by atoms with van der Waals surface area (Å²) in [4.78, 5) is 11.2. The predicted molar refractivity (Wildman–Crippen MR) is 87.3 cm³/mol. The Bertz CT molecular complexity index is 566. The first kappa shape index (κ1) is 15.4. The van der Waals surface area contributed by atoms with E-state index in [0.717, 1.165) is 30.3 Å². The molecule has 0 saturated heterocycles. The summed E-state index contributed by atoms with van der Waals surface area (Å²) in [5.74, 6) is 0.768. The Labute approximate surface area is 127 Å². The van der Waals surface area contributed by atoms with Crippen LogP contribution in [0.4, 0.5) is 5.95 Å². The van der Waals surface area contributed by atoms with Crippen LogP contribution in [0.2, 0.25) is 0 Å². The fourth-order valence-corrected chi connectivity index (χ4v) is 2.08. The number of benzene rings is 1. The van der Waals surface area contributed by atoms with Crippen LogP contribution in [0.15, 0.2) is 36.5 Å². The predicted octanol–water partition coefficient (Wildman–Crippen LogP) is 2.92. The number of nitrogens with zero attached hydrogens (tertiary/aromatic N) is 3. The van der Waals surface area contributed by atoms with Crippen LogP contribution in [0.5, 0.6) is 0 Å². The van der Waals surface area contributed by atoms with Gasteiger partial charge in [-0.2, -0.15) is 0 Å². The van der Waals surface area contributed by atoms with Gasteiger partial charge < -0.3 is 10.2 Å². The number of aryl methyl sites for hydroxylation is 1. The maximum absolute atomic E-state index is 4.62. The molecule has 1 aromatic carbocycles. The lowest BCUT2D eigenvalue weighted by atomic mass is 10.2. The third-order valence-electron chi connectivity index (χ3n) is 3.37. The molecule has 0 aliphatic rings. The average molecular weight is 284 g/mol. The Hall–Kier alpha value is -1.94. The van der Waals surface area contributed by atoms with E-state index in [0.29, 0.717) is 6.04 Å². The van der Waals surface area contributed by atoms with Crippen molar-refractivity contribution in [1.82, 2.24) is 15.3 Å². The van der Waals surface area contributed by atoms with Crippen molar-refractivity contribution in [2.24, 2.45) is 0 Å². The Balaban J connectivity index is 2.05. The zero-order valence-electron chi connectivity index (χ0n) is 13.3. The van der Waals surface area contributed by atoms with E-state index in [1.807, 2.05) is 26.2 Å². The summed E-state index contributed by atoms with van der Waals surface area (Å²) in [6, 6.07) is 10.8. The number of rotatable bonds is 6. The highest BCUT2D eigenvalue weighted by molar-refractivity contribution is 5.33. The van der Waals surface area contributed by atoms with Crippen molar-refractivity contribution in [2.45, 2.75) is 39.9 Å². The molecule has 0 fully saturated rings. The second-order valence-corrected chi connectivity index (χ2v) is 5.66. The van der Waals surface area contributed by atoms with Gasteiger partial charge in [-0.1, -0.05) is 44.2 Å². The first-order valence-electron chi connectivity index (χ1n) is 7.37. The van der Waals surface area contributed by atoms with Crippen LogP contribution in [0.25, 0.3) is 0 Å². The highest BCUT2D eigenvalue weighted by Crippen LogP contribution is 2.13. The lowest BCUT2D eigenvalue weighted by Crippen LogP contribution is -2.24. The van der Waals surface area contributed by atoms with Crippen molar-refractivity contribution < 1.29 is 0 Å². The molecule has 0 unspecified atom stereocenters. The molecule has 0 amide bonds. The van der Waals surface area contributed by atoms with Gasteiger partial charge in [0.1, 0.15) is 0 Å². The van der Waals surface area contributed by atoms with Gasteiger partial charge in [0.15, 0.2) is 0 Å². The molecule has 0 aliphatic heterocycles. The molecule has 1 N–H and O–H groups in total. The first-order valence-corrected chi connectivity index (χ1v) is 7.37. The smallest absolute Gasteiger partial charge is 0.225 e. The summed E-state index contributed by atoms with van der Waals surface area (Å²) in [6.07, 6.45) is 1.93. The molecular formula is C17H24N4. The molecule has 2 rings (SSSR count). The topological polar surface area (TPSA) is 41.1 Å². The second-order valence-electron chi connectivity index (χ2n) is 5.66. The van der Waals surface area contributed by atoms with Crippen molar-refractivity contribution in [1.29, 1.82) is 0 Å². The normalized spacial score (nSPS) is 10.9. The quantitative estimate of drug-likeness (QED) is 0.885. The molecule has 0 spiro atoms. The molecule has 21 heavy (non-hydrogen) atoms. The molecule has 4 nitrogen and oxygen atoms in total. The summed E-state index contributed by atoms with van der Waals surface area (Å²) in [5.41, 5.74) is 3.44. The first-order chi connectivity index (χ1) is 10.1. The van der Waals surface area contributed by atoms with Crippen LogP contribution in [0.1, 0.15) is 30.7 Å². The maximum Gasteiger partial charge on any atom is 0.225 e. The average Bonchev–Trinajstić information content (AvgIpc) is 2.46. The maximum atomic E-state index is 4.62. The fourth-order valence-electron chi connectivity index (χ4n) is 2.08. The molecule has 2 aromatic rings. The molecule has 4 heteroatoms. The van der Waals surface area contributed by atoms with Gasteiger partial charge in [0.25, 0.3) is 0 Å². The minimum Gasteiger partial charge on any atom is -0.340 e. The Morgan fingerprint density at radius 3 is 2.52 bits per heavy atom. The molecule has 0 aliphatic carbocycles. The number of anilines is 1. The summed E-state index contributed by atoms with van der Waals surface area (Å²) >= 11 is 0. The highest BCUT2D eigenvalue weighted by Gasteiger charge is 2.08. The number of hydrogen-bond donors (Lipinski definition) is 1. The molecular weight excluding hydrogens is 260 g/mol. The van der Waals surface area contributed by atoms with Crippen molar-refractivity contribution >= 4 is 5.95 Å². The Morgan fingerprint density at radius 1 is 1.19 bits per heavy atom. The van der Waals surface area contributed by atoms with Crippen LogP contribution in [-0.2, 0) is 13.1 Å². The van der Waals surface area contributed by atoms with Gasteiger partial charge >= 0.3 is 0 Å². The van der Waals surface area contributed by atoms with E-state index in [2.05, 4.69) is 58.3 Å². The summed E-state index contributed by atoms with van der Waals surface area (Å²) in [5, 5.41) is 3.40. The lowest BCUT2D eigenvalue weighted by molar-refractivity contribution is 0.584. The van der Waals surface area contributed by atoms with Crippen molar-refractivity contribution in [3.8, 4) is 0 Å². The van der Waals surface area contributed by atoms with Gasteiger partial charge in [0, 0.05) is 43.6 Å². The summed E-state index contributed by atoms with van der Waals surface area (Å²) in [7, 11) is 2.02. The van der Waals surface area contributed by atoms with E-state index >= 15 is 0 Å². The van der Waals surface area contributed by atoms with Gasteiger partial charge in [-0.05, 0) is 12.5 Å². The van der Waals surface area contributed by atoms with Crippen LogP contribution in [0.3, 0.4) is 0 Å². The number of aromatic nitrogens is 2. The minimum absolute atomic E-state index is 0.463. The molecule has 1 aromatic heterocycles. The number of nitrogens with one attached hydrogen (secondary N) is 1. The third-order valence-corrected chi connectivity index (χ3v) is 3.37. The van der Waals surface area contributed by atoms with Gasteiger partial charge in [-0.15, -0.1) is 0 Å². The molecule has 0 bridgehead atoms. The van der Waals surface area contributed by atoms with E-state index in [-0.39, 0.29) is 0 Å². The largest absolute Gasteiger partial charge is 0.340 e. The zero-order chi connectivity index (χ0) is 15.2. The van der Waals surface area contributed by atoms with Gasteiger partial charge in [0.2, 0.25) is 5.95 Å². The van der Waals surface area contributed by atoms with Crippen molar-refractivity contribution in [3.05, 3.63) is 53.3 Å². The summed E-state index contributed by atoms with van der Waals surface area (Å²) < 4.78 is 0. The standard InChI is InChI=1S/C17H24N4/c1-13(2)18-10-16-11-19-17(20-14(16)3)21(4)12-15-8-6-5-7-9-15/h5-9,11,13,18H,10,12H2,1-4H3. The molecule has 0 atom stereocenters. The molecule has 112 valence electrons. The van der Waals surface area contributed by atoms with Crippen LogP contribution in [0, 0.1) is 6.92 Å².